The van der Waals surface area contributed by atoms with Crippen LogP contribution in [-0.4, -0.2) is 39.7 Å². The Morgan fingerprint density at radius 1 is 1.26 bits per heavy atom. The number of ether oxygens (including phenoxy) is 1. The van der Waals surface area contributed by atoms with E-state index in [-0.39, 0.29) is 18.3 Å². The van der Waals surface area contributed by atoms with Gasteiger partial charge in [0, 0.05) is 19.2 Å². The number of imidazole rings is 1. The van der Waals surface area contributed by atoms with Gasteiger partial charge in [-0.05, 0) is 44.2 Å². The molecule has 0 atom stereocenters. The van der Waals surface area contributed by atoms with Crippen LogP contribution in [0.15, 0.2) is 36.5 Å². The highest BCUT2D eigenvalue weighted by Gasteiger charge is 2.26. The summed E-state index contributed by atoms with van der Waals surface area (Å²) >= 11 is 0. The zero-order valence-corrected chi connectivity index (χ0v) is 15.4. The predicted octanol–water partition coefficient (Wildman–Crippen LogP) is 2.41. The minimum Gasteiger partial charge on any atom is -0.491 e. The van der Waals surface area contributed by atoms with Crippen LogP contribution >= 0.6 is 0 Å². The van der Waals surface area contributed by atoms with E-state index in [1.807, 2.05) is 31.9 Å². The summed E-state index contributed by atoms with van der Waals surface area (Å²) in [6.07, 6.45) is 1.50. The van der Waals surface area contributed by atoms with Crippen molar-refractivity contribution in [1.29, 1.82) is 0 Å². The second kappa shape index (κ2) is 6.22. The van der Waals surface area contributed by atoms with Gasteiger partial charge in [0.25, 0.3) is 5.91 Å². The van der Waals surface area contributed by atoms with Gasteiger partial charge in [-0.25, -0.2) is 13.9 Å². The first kappa shape index (κ1) is 17.3. The molecule has 0 saturated carbocycles. The molecule has 4 rings (SSSR count). The first-order valence-electron chi connectivity index (χ1n) is 8.62. The molecule has 2 aromatic heterocycles. The molecule has 0 unspecified atom stereocenters. The van der Waals surface area contributed by atoms with E-state index in [2.05, 4.69) is 15.4 Å². The third-order valence-corrected chi connectivity index (χ3v) is 4.44. The summed E-state index contributed by atoms with van der Waals surface area (Å²) in [5.74, 6) is 0.584. The highest BCUT2D eigenvalue weighted by molar-refractivity contribution is 5.93. The average Bonchev–Trinajstić information content (AvgIpc) is 3.03. The highest BCUT2D eigenvalue weighted by atomic mass is 19.1. The van der Waals surface area contributed by atoms with Crippen molar-refractivity contribution in [2.45, 2.75) is 25.9 Å². The Morgan fingerprint density at radius 2 is 2.07 bits per heavy atom. The lowest BCUT2D eigenvalue weighted by Crippen LogP contribution is -2.48. The SMILES string of the molecule is CN1Cc2cc(F)ccc2OCC(C)(C)NC(=O)c2cnc3ccc1nn23. The number of rotatable bonds is 0. The van der Waals surface area contributed by atoms with Crippen LogP contribution in [0.1, 0.15) is 29.9 Å². The fourth-order valence-electron chi connectivity index (χ4n) is 3.04. The van der Waals surface area contributed by atoms with E-state index in [9.17, 15) is 9.18 Å². The molecule has 0 saturated heterocycles. The number of amides is 1. The fraction of sp³-hybridized carbons (Fsp3) is 0.316. The Morgan fingerprint density at radius 3 is 2.89 bits per heavy atom. The quantitative estimate of drug-likeness (QED) is 0.659. The molecule has 2 bridgehead atoms. The van der Waals surface area contributed by atoms with Crippen molar-refractivity contribution in [2.24, 2.45) is 0 Å². The van der Waals surface area contributed by atoms with E-state index in [0.717, 1.165) is 0 Å². The van der Waals surface area contributed by atoms with Crippen LogP contribution in [0.5, 0.6) is 5.75 Å². The Bertz CT molecular complexity index is 1030. The molecule has 0 spiro atoms. The Kier molecular flexibility index (Phi) is 3.98. The Labute approximate surface area is 155 Å². The summed E-state index contributed by atoms with van der Waals surface area (Å²) in [5, 5.41) is 7.49. The van der Waals surface area contributed by atoms with Gasteiger partial charge in [0.2, 0.25) is 0 Å². The van der Waals surface area contributed by atoms with E-state index in [4.69, 9.17) is 4.74 Å². The number of fused-ring (bicyclic) bond motifs is 2. The number of nitrogens with zero attached hydrogens (tertiary/aromatic N) is 4. The molecular weight excluding hydrogens is 349 g/mol. The summed E-state index contributed by atoms with van der Waals surface area (Å²) in [5.41, 5.74) is 0.972. The first-order chi connectivity index (χ1) is 12.8. The summed E-state index contributed by atoms with van der Waals surface area (Å²) in [6.45, 7) is 4.36. The maximum absolute atomic E-state index is 13.8. The Hall–Kier alpha value is -3.16. The number of carbonyl (C=O) groups excluding carboxylic acids is 1. The van der Waals surface area contributed by atoms with Gasteiger partial charge in [-0.1, -0.05) is 0 Å². The lowest BCUT2D eigenvalue weighted by Gasteiger charge is -2.27. The predicted molar refractivity (Wildman–Crippen MR) is 98.5 cm³/mol. The van der Waals surface area contributed by atoms with Crippen LogP contribution < -0.4 is 15.0 Å². The van der Waals surface area contributed by atoms with Crippen molar-refractivity contribution in [3.05, 3.63) is 53.6 Å². The molecule has 0 aliphatic carbocycles. The highest BCUT2D eigenvalue weighted by Crippen LogP contribution is 2.25. The van der Waals surface area contributed by atoms with E-state index in [0.29, 0.717) is 35.0 Å². The van der Waals surface area contributed by atoms with Crippen LogP contribution in [0, 0.1) is 5.82 Å². The third kappa shape index (κ3) is 3.30. The minimum atomic E-state index is -0.648. The van der Waals surface area contributed by atoms with Gasteiger partial charge in [-0.15, -0.1) is 5.10 Å². The van der Waals surface area contributed by atoms with Gasteiger partial charge >= 0.3 is 0 Å². The number of aromatic nitrogens is 3. The minimum absolute atomic E-state index is 0.230. The van der Waals surface area contributed by atoms with Crippen molar-refractivity contribution in [2.75, 3.05) is 18.6 Å². The zero-order chi connectivity index (χ0) is 19.2. The molecule has 0 radical (unpaired) electrons. The van der Waals surface area contributed by atoms with Crippen molar-refractivity contribution < 1.29 is 13.9 Å². The molecule has 1 aliphatic rings. The molecular formula is C19H20FN5O2. The number of hydrogen-bond acceptors (Lipinski definition) is 5. The normalized spacial score (nSPS) is 16.7. The number of hydrogen-bond donors (Lipinski definition) is 1. The molecule has 1 N–H and O–H groups in total. The van der Waals surface area contributed by atoms with E-state index in [1.54, 1.807) is 12.1 Å². The fourth-order valence-corrected chi connectivity index (χ4v) is 3.04. The van der Waals surface area contributed by atoms with Gasteiger partial charge in [0.15, 0.2) is 11.3 Å². The molecule has 3 heterocycles. The van der Waals surface area contributed by atoms with Gasteiger partial charge in [0.05, 0.1) is 11.7 Å². The molecule has 7 nitrogen and oxygen atoms in total. The largest absolute Gasteiger partial charge is 0.491 e. The summed E-state index contributed by atoms with van der Waals surface area (Å²) in [6, 6.07) is 8.04. The average molecular weight is 369 g/mol. The van der Waals surface area contributed by atoms with Crippen LogP contribution in [0.25, 0.3) is 5.65 Å². The number of nitrogens with one attached hydrogen (secondary N) is 1. The Balaban J connectivity index is 1.85. The lowest BCUT2D eigenvalue weighted by atomic mass is 10.1. The van der Waals surface area contributed by atoms with Crippen LogP contribution in [0.4, 0.5) is 10.2 Å². The second-order valence-electron chi connectivity index (χ2n) is 7.34. The molecule has 1 aliphatic heterocycles. The van der Waals surface area contributed by atoms with Crippen LogP contribution in [0.2, 0.25) is 0 Å². The third-order valence-electron chi connectivity index (χ3n) is 4.44. The maximum Gasteiger partial charge on any atom is 0.272 e. The van der Waals surface area contributed by atoms with Gasteiger partial charge in [-0.2, -0.15) is 0 Å². The smallest absolute Gasteiger partial charge is 0.272 e. The van der Waals surface area contributed by atoms with Gasteiger partial charge < -0.3 is 15.0 Å². The van der Waals surface area contributed by atoms with Crippen molar-refractivity contribution >= 4 is 17.4 Å². The van der Waals surface area contributed by atoms with Gasteiger partial charge in [-0.3, -0.25) is 4.79 Å². The first-order valence-corrected chi connectivity index (χ1v) is 8.62. The molecule has 1 amide bonds. The van der Waals surface area contributed by atoms with E-state index >= 15 is 0 Å². The monoisotopic (exact) mass is 369 g/mol. The van der Waals surface area contributed by atoms with Gasteiger partial charge in [0.1, 0.15) is 24.0 Å². The summed E-state index contributed by atoms with van der Waals surface area (Å²) in [7, 11) is 1.85. The van der Waals surface area contributed by atoms with E-state index in [1.165, 1.54) is 22.8 Å². The molecule has 0 fully saturated rings. The standard InChI is InChI=1S/C19H20FN5O2/c1-19(2)11-27-15-5-4-13(20)8-12(15)10-24(3)17-7-6-16-21-9-14(18(26)22-19)25(16)23-17/h4-9H,10-11H2,1-3H3,(H,22,26). The summed E-state index contributed by atoms with van der Waals surface area (Å²) in [4.78, 5) is 18.9. The van der Waals surface area contributed by atoms with Crippen LogP contribution in [-0.2, 0) is 6.54 Å². The number of benzene rings is 1. The summed E-state index contributed by atoms with van der Waals surface area (Å²) < 4.78 is 21.3. The molecule has 27 heavy (non-hydrogen) atoms. The number of halogens is 1. The zero-order valence-electron chi connectivity index (χ0n) is 15.4. The van der Waals surface area contributed by atoms with Crippen molar-refractivity contribution in [1.82, 2.24) is 19.9 Å². The van der Waals surface area contributed by atoms with Crippen LogP contribution in [0.3, 0.4) is 0 Å². The van der Waals surface area contributed by atoms with Crippen molar-refractivity contribution in [3.63, 3.8) is 0 Å². The molecule has 3 aromatic rings. The molecule has 1 aromatic carbocycles. The number of anilines is 1. The van der Waals surface area contributed by atoms with Crippen molar-refractivity contribution in [3.8, 4) is 5.75 Å². The van der Waals surface area contributed by atoms with E-state index < -0.39 is 5.54 Å². The molecule has 140 valence electrons. The lowest BCUT2D eigenvalue weighted by molar-refractivity contribution is 0.0873. The topological polar surface area (TPSA) is 71.8 Å². The second-order valence-corrected chi connectivity index (χ2v) is 7.34. The molecule has 8 heteroatoms. The number of carbonyl (C=O) groups is 1. The maximum atomic E-state index is 13.8.